The van der Waals surface area contributed by atoms with E-state index in [1.807, 2.05) is 23.0 Å². The van der Waals surface area contributed by atoms with E-state index in [4.69, 9.17) is 9.72 Å². The van der Waals surface area contributed by atoms with Crippen LogP contribution in [-0.2, 0) is 4.79 Å². The standard InChI is InChI=1S/C23H26N8O2/c1-33-21-19-17(14-11-26-23-24-8-10-30(23)13-14)12-25-20(19)28-22(29-21)27-15-4-6-16(7-5-15)31-9-2-3-18(31)32/h8,10-13,15-16H,2-7,9H2,1H3,(H2,25,27,28,29). The van der Waals surface area contributed by atoms with E-state index in [9.17, 15) is 4.79 Å². The lowest BCUT2D eigenvalue weighted by atomic mass is 9.90. The molecule has 1 saturated carbocycles. The Kier molecular flexibility index (Phi) is 4.85. The van der Waals surface area contributed by atoms with E-state index < -0.39 is 0 Å². The average molecular weight is 447 g/mol. The third-order valence-corrected chi connectivity index (χ3v) is 6.83. The first kappa shape index (κ1) is 20.0. The first-order valence-electron chi connectivity index (χ1n) is 11.5. The molecule has 2 fully saturated rings. The Bertz CT molecular complexity index is 1320. The van der Waals surface area contributed by atoms with Gasteiger partial charge in [0.25, 0.3) is 0 Å². The normalized spacial score (nSPS) is 21.2. The fraction of sp³-hybridized carbons (Fsp3) is 0.435. The maximum atomic E-state index is 12.1. The van der Waals surface area contributed by atoms with Crippen molar-refractivity contribution in [3.63, 3.8) is 0 Å². The second kappa shape index (κ2) is 8.02. The van der Waals surface area contributed by atoms with Crippen molar-refractivity contribution in [3.8, 4) is 17.0 Å². The van der Waals surface area contributed by atoms with Crippen LogP contribution in [0.4, 0.5) is 5.95 Å². The minimum absolute atomic E-state index is 0.281. The van der Waals surface area contributed by atoms with E-state index in [1.54, 1.807) is 19.5 Å². The summed E-state index contributed by atoms with van der Waals surface area (Å²) in [7, 11) is 1.62. The number of nitrogens with zero attached hydrogens (tertiary/aromatic N) is 6. The number of amides is 1. The number of aromatic amines is 1. The molecule has 0 aromatic carbocycles. The van der Waals surface area contributed by atoms with Gasteiger partial charge in [-0.1, -0.05) is 0 Å². The van der Waals surface area contributed by atoms with Crippen LogP contribution in [0, 0.1) is 0 Å². The molecule has 0 unspecified atom stereocenters. The van der Waals surface area contributed by atoms with Gasteiger partial charge in [0, 0.05) is 67.2 Å². The highest BCUT2D eigenvalue weighted by Crippen LogP contribution is 2.35. The number of hydrogen-bond donors (Lipinski definition) is 2. The van der Waals surface area contributed by atoms with Crippen molar-refractivity contribution < 1.29 is 9.53 Å². The first-order chi connectivity index (χ1) is 16.2. The molecule has 2 N–H and O–H groups in total. The molecule has 0 atom stereocenters. The number of likely N-dealkylation sites (tertiary alicyclic amines) is 1. The summed E-state index contributed by atoms with van der Waals surface area (Å²) in [4.78, 5) is 35.4. The number of carbonyl (C=O) groups excluding carboxylic acids is 1. The lowest BCUT2D eigenvalue weighted by Gasteiger charge is -2.34. The van der Waals surface area contributed by atoms with Crippen LogP contribution in [0.5, 0.6) is 5.88 Å². The van der Waals surface area contributed by atoms with Crippen LogP contribution in [0.1, 0.15) is 38.5 Å². The summed E-state index contributed by atoms with van der Waals surface area (Å²) in [5.41, 5.74) is 2.55. The molecule has 4 aromatic rings. The third-order valence-electron chi connectivity index (χ3n) is 6.83. The van der Waals surface area contributed by atoms with Crippen molar-refractivity contribution in [3.05, 3.63) is 31.0 Å². The summed E-state index contributed by atoms with van der Waals surface area (Å²) in [6, 6.07) is 0.659. The minimum Gasteiger partial charge on any atom is -0.480 e. The minimum atomic E-state index is 0.281. The van der Waals surface area contributed by atoms with E-state index in [0.29, 0.717) is 41.6 Å². The largest absolute Gasteiger partial charge is 0.480 e. The number of methoxy groups -OCH3 is 1. The van der Waals surface area contributed by atoms with Gasteiger partial charge in [0.05, 0.1) is 12.5 Å². The van der Waals surface area contributed by atoms with Gasteiger partial charge in [-0.15, -0.1) is 0 Å². The highest BCUT2D eigenvalue weighted by atomic mass is 16.5. The van der Waals surface area contributed by atoms with Gasteiger partial charge in [-0.3, -0.25) is 9.20 Å². The average Bonchev–Trinajstić information content (AvgIpc) is 3.58. The quantitative estimate of drug-likeness (QED) is 0.484. The number of nitrogens with one attached hydrogen (secondary N) is 2. The number of aromatic nitrogens is 6. The van der Waals surface area contributed by atoms with Crippen molar-refractivity contribution in [1.29, 1.82) is 0 Å². The molecule has 5 heterocycles. The molecule has 2 aliphatic rings. The molecule has 10 heteroatoms. The van der Waals surface area contributed by atoms with Gasteiger partial charge < -0.3 is 19.9 Å². The zero-order valence-electron chi connectivity index (χ0n) is 18.5. The summed E-state index contributed by atoms with van der Waals surface area (Å²) in [6.45, 7) is 0.914. The molecule has 1 aliphatic carbocycles. The summed E-state index contributed by atoms with van der Waals surface area (Å²) in [6.07, 6.45) is 15.0. The Morgan fingerprint density at radius 1 is 1.18 bits per heavy atom. The van der Waals surface area contributed by atoms with Gasteiger partial charge >= 0.3 is 0 Å². The van der Waals surface area contributed by atoms with Crippen LogP contribution in [0.3, 0.4) is 0 Å². The Balaban J connectivity index is 1.23. The second-order valence-electron chi connectivity index (χ2n) is 8.80. The SMILES string of the molecule is COc1nc(NC2CCC(N3CCCC3=O)CC2)nc2[nH]cc(-c3cnc4nccn4c3)c12. The number of carbonyl (C=O) groups is 1. The fourth-order valence-electron chi connectivity index (χ4n) is 5.17. The number of fused-ring (bicyclic) bond motifs is 2. The predicted molar refractivity (Wildman–Crippen MR) is 123 cm³/mol. The fourth-order valence-corrected chi connectivity index (χ4v) is 5.17. The molecular weight excluding hydrogens is 420 g/mol. The Hall–Kier alpha value is -3.69. The summed E-state index contributed by atoms with van der Waals surface area (Å²) in [5.74, 6) is 2.03. The number of imidazole rings is 1. The Morgan fingerprint density at radius 2 is 2.06 bits per heavy atom. The lowest BCUT2D eigenvalue weighted by molar-refractivity contribution is -0.130. The van der Waals surface area contributed by atoms with E-state index in [2.05, 4.69) is 30.2 Å². The highest BCUT2D eigenvalue weighted by Gasteiger charge is 2.31. The van der Waals surface area contributed by atoms with Crippen LogP contribution >= 0.6 is 0 Å². The molecule has 0 spiro atoms. The van der Waals surface area contributed by atoms with Gasteiger partial charge in [-0.05, 0) is 32.1 Å². The number of ether oxygens (including phenoxy) is 1. The summed E-state index contributed by atoms with van der Waals surface area (Å²) in [5, 5.41) is 4.31. The zero-order valence-corrected chi connectivity index (χ0v) is 18.5. The van der Waals surface area contributed by atoms with E-state index in [0.717, 1.165) is 55.2 Å². The van der Waals surface area contributed by atoms with Crippen LogP contribution in [-0.4, -0.2) is 65.9 Å². The van der Waals surface area contributed by atoms with Gasteiger partial charge in [-0.25, -0.2) is 9.97 Å². The van der Waals surface area contributed by atoms with Crippen LogP contribution in [0.15, 0.2) is 31.0 Å². The van der Waals surface area contributed by atoms with Crippen LogP contribution < -0.4 is 10.1 Å². The third kappa shape index (κ3) is 3.55. The van der Waals surface area contributed by atoms with E-state index in [-0.39, 0.29) is 6.04 Å². The van der Waals surface area contributed by atoms with Crippen molar-refractivity contribution >= 4 is 28.7 Å². The maximum absolute atomic E-state index is 12.1. The molecule has 1 aliphatic heterocycles. The molecule has 0 radical (unpaired) electrons. The topological polar surface area (TPSA) is 113 Å². The number of rotatable bonds is 5. The molecular formula is C23H26N8O2. The smallest absolute Gasteiger partial charge is 0.233 e. The lowest BCUT2D eigenvalue weighted by Crippen LogP contribution is -2.41. The Labute approximate surface area is 190 Å². The summed E-state index contributed by atoms with van der Waals surface area (Å²) >= 11 is 0. The maximum Gasteiger partial charge on any atom is 0.233 e. The second-order valence-corrected chi connectivity index (χ2v) is 8.80. The van der Waals surface area contributed by atoms with E-state index in [1.165, 1.54) is 0 Å². The van der Waals surface area contributed by atoms with Crippen molar-refractivity contribution in [2.75, 3.05) is 19.0 Å². The highest BCUT2D eigenvalue weighted by molar-refractivity contribution is 5.97. The van der Waals surface area contributed by atoms with Crippen LogP contribution in [0.25, 0.3) is 27.9 Å². The summed E-state index contributed by atoms with van der Waals surface area (Å²) < 4.78 is 7.53. The number of H-pyrrole nitrogens is 1. The van der Waals surface area contributed by atoms with Crippen molar-refractivity contribution in [1.82, 2.24) is 34.2 Å². The molecule has 10 nitrogen and oxygen atoms in total. The monoisotopic (exact) mass is 446 g/mol. The molecule has 170 valence electrons. The van der Waals surface area contributed by atoms with Gasteiger partial charge in [0.1, 0.15) is 5.65 Å². The van der Waals surface area contributed by atoms with Crippen molar-refractivity contribution in [2.24, 2.45) is 0 Å². The molecule has 1 amide bonds. The van der Waals surface area contributed by atoms with E-state index >= 15 is 0 Å². The molecule has 4 aromatic heterocycles. The first-order valence-corrected chi connectivity index (χ1v) is 11.5. The van der Waals surface area contributed by atoms with Crippen molar-refractivity contribution in [2.45, 2.75) is 50.6 Å². The molecule has 0 bridgehead atoms. The zero-order chi connectivity index (χ0) is 22.4. The molecule has 33 heavy (non-hydrogen) atoms. The molecule has 1 saturated heterocycles. The van der Waals surface area contributed by atoms with Gasteiger partial charge in [0.15, 0.2) is 0 Å². The van der Waals surface area contributed by atoms with Gasteiger partial charge in [0.2, 0.25) is 23.5 Å². The number of anilines is 1. The Morgan fingerprint density at radius 3 is 2.85 bits per heavy atom. The predicted octanol–water partition coefficient (Wildman–Crippen LogP) is 3.02. The van der Waals surface area contributed by atoms with Crippen LogP contribution in [0.2, 0.25) is 0 Å². The molecule has 6 rings (SSSR count). The van der Waals surface area contributed by atoms with Gasteiger partial charge in [-0.2, -0.15) is 9.97 Å². The number of hydrogen-bond acceptors (Lipinski definition) is 7.